The first-order valence-electron chi connectivity index (χ1n) is 7.14. The summed E-state index contributed by atoms with van der Waals surface area (Å²) in [6.45, 7) is 6.91. The molecule has 0 saturated carbocycles. The minimum absolute atomic E-state index is 0.524. The van der Waals surface area contributed by atoms with E-state index in [2.05, 4.69) is 38.2 Å². The van der Waals surface area contributed by atoms with Crippen molar-refractivity contribution in [2.45, 2.75) is 58.5 Å². The lowest BCUT2D eigenvalue weighted by Gasteiger charge is -2.22. The Morgan fingerprint density at radius 3 is 2.89 bits per heavy atom. The van der Waals surface area contributed by atoms with Crippen molar-refractivity contribution in [3.05, 3.63) is 34.3 Å². The second-order valence-electron chi connectivity index (χ2n) is 5.75. The van der Waals surface area contributed by atoms with Crippen LogP contribution in [0.2, 0.25) is 5.02 Å². The molecular formula is C16H24ClN. The minimum atomic E-state index is 0.524. The standard InChI is InChI=1S/C16H24ClN/c1-4-11(2)9-12(3)18-16-8-5-13-10-14(17)6-7-15(13)16/h6-7,10-12,16,18H,4-5,8-9H2,1-3H3. The third-order valence-corrected chi connectivity index (χ3v) is 4.36. The van der Waals surface area contributed by atoms with Crippen molar-refractivity contribution in [1.82, 2.24) is 5.32 Å². The maximum atomic E-state index is 6.04. The summed E-state index contributed by atoms with van der Waals surface area (Å²) < 4.78 is 0. The number of aryl methyl sites for hydroxylation is 1. The van der Waals surface area contributed by atoms with Gasteiger partial charge in [-0.3, -0.25) is 0 Å². The quantitative estimate of drug-likeness (QED) is 0.811. The molecule has 0 aliphatic heterocycles. The average molecular weight is 266 g/mol. The molecular weight excluding hydrogens is 242 g/mol. The molecule has 0 fully saturated rings. The number of nitrogens with one attached hydrogen (secondary N) is 1. The first-order valence-corrected chi connectivity index (χ1v) is 7.52. The Bertz CT molecular complexity index is 402. The van der Waals surface area contributed by atoms with E-state index < -0.39 is 0 Å². The van der Waals surface area contributed by atoms with E-state index in [1.54, 1.807) is 0 Å². The van der Waals surface area contributed by atoms with Gasteiger partial charge in [-0.15, -0.1) is 0 Å². The zero-order valence-electron chi connectivity index (χ0n) is 11.7. The molecule has 100 valence electrons. The van der Waals surface area contributed by atoms with Gasteiger partial charge in [0.15, 0.2) is 0 Å². The summed E-state index contributed by atoms with van der Waals surface area (Å²) in [6.07, 6.45) is 4.89. The number of benzene rings is 1. The van der Waals surface area contributed by atoms with Crippen LogP contribution < -0.4 is 5.32 Å². The Labute approximate surface area is 116 Å². The van der Waals surface area contributed by atoms with Crippen molar-refractivity contribution in [3.63, 3.8) is 0 Å². The second-order valence-corrected chi connectivity index (χ2v) is 6.19. The molecule has 0 radical (unpaired) electrons. The summed E-state index contributed by atoms with van der Waals surface area (Å²) in [7, 11) is 0. The Morgan fingerprint density at radius 2 is 2.17 bits per heavy atom. The van der Waals surface area contributed by atoms with Gasteiger partial charge in [-0.1, -0.05) is 37.9 Å². The monoisotopic (exact) mass is 265 g/mol. The van der Waals surface area contributed by atoms with Crippen LogP contribution in [0.1, 0.15) is 57.2 Å². The van der Waals surface area contributed by atoms with E-state index in [4.69, 9.17) is 11.6 Å². The van der Waals surface area contributed by atoms with Gasteiger partial charge in [-0.2, -0.15) is 0 Å². The van der Waals surface area contributed by atoms with E-state index in [9.17, 15) is 0 Å². The van der Waals surface area contributed by atoms with E-state index in [1.165, 1.54) is 30.4 Å². The lowest BCUT2D eigenvalue weighted by molar-refractivity contribution is 0.374. The molecule has 2 rings (SSSR count). The predicted molar refractivity (Wildman–Crippen MR) is 79.2 cm³/mol. The van der Waals surface area contributed by atoms with Gasteiger partial charge in [0.1, 0.15) is 0 Å². The number of hydrogen-bond donors (Lipinski definition) is 1. The predicted octanol–water partition coefficient (Wildman–Crippen LogP) is 4.74. The van der Waals surface area contributed by atoms with Crippen LogP contribution in [-0.2, 0) is 6.42 Å². The van der Waals surface area contributed by atoms with Crippen LogP contribution in [0.4, 0.5) is 0 Å². The van der Waals surface area contributed by atoms with Gasteiger partial charge in [0.2, 0.25) is 0 Å². The largest absolute Gasteiger partial charge is 0.307 e. The first-order chi connectivity index (χ1) is 8.60. The fourth-order valence-corrected chi connectivity index (χ4v) is 3.14. The van der Waals surface area contributed by atoms with Gasteiger partial charge in [0.05, 0.1) is 0 Å². The van der Waals surface area contributed by atoms with Crippen LogP contribution in [0.3, 0.4) is 0 Å². The topological polar surface area (TPSA) is 12.0 Å². The zero-order chi connectivity index (χ0) is 13.1. The molecule has 0 heterocycles. The number of rotatable bonds is 5. The summed E-state index contributed by atoms with van der Waals surface area (Å²) >= 11 is 6.04. The zero-order valence-corrected chi connectivity index (χ0v) is 12.4. The fraction of sp³-hybridized carbons (Fsp3) is 0.625. The SMILES string of the molecule is CCC(C)CC(C)NC1CCc2cc(Cl)ccc21. The van der Waals surface area contributed by atoms with Crippen LogP contribution >= 0.6 is 11.6 Å². The maximum Gasteiger partial charge on any atom is 0.0408 e. The Balaban J connectivity index is 1.97. The number of fused-ring (bicyclic) bond motifs is 1. The van der Waals surface area contributed by atoms with Crippen LogP contribution in [0.15, 0.2) is 18.2 Å². The molecule has 1 aliphatic rings. The van der Waals surface area contributed by atoms with Gasteiger partial charge < -0.3 is 5.32 Å². The molecule has 3 atom stereocenters. The van der Waals surface area contributed by atoms with Crippen LogP contribution in [-0.4, -0.2) is 6.04 Å². The van der Waals surface area contributed by atoms with Crippen molar-refractivity contribution < 1.29 is 0 Å². The van der Waals surface area contributed by atoms with Crippen LogP contribution in [0.5, 0.6) is 0 Å². The molecule has 3 unspecified atom stereocenters. The third kappa shape index (κ3) is 3.27. The molecule has 0 amide bonds. The van der Waals surface area contributed by atoms with Crippen molar-refractivity contribution in [2.24, 2.45) is 5.92 Å². The highest BCUT2D eigenvalue weighted by Crippen LogP contribution is 2.33. The molecule has 0 saturated heterocycles. The van der Waals surface area contributed by atoms with Crippen LogP contribution in [0.25, 0.3) is 0 Å². The molecule has 0 spiro atoms. The molecule has 1 nitrogen and oxygen atoms in total. The van der Waals surface area contributed by atoms with E-state index in [0.29, 0.717) is 12.1 Å². The van der Waals surface area contributed by atoms with Gasteiger partial charge in [-0.05, 0) is 55.4 Å². The van der Waals surface area contributed by atoms with Crippen molar-refractivity contribution in [3.8, 4) is 0 Å². The molecule has 18 heavy (non-hydrogen) atoms. The fourth-order valence-electron chi connectivity index (χ4n) is 2.94. The van der Waals surface area contributed by atoms with Gasteiger partial charge in [0.25, 0.3) is 0 Å². The van der Waals surface area contributed by atoms with Crippen molar-refractivity contribution >= 4 is 11.6 Å². The summed E-state index contributed by atoms with van der Waals surface area (Å²) in [5.41, 5.74) is 2.88. The Morgan fingerprint density at radius 1 is 1.39 bits per heavy atom. The minimum Gasteiger partial charge on any atom is -0.307 e. The van der Waals surface area contributed by atoms with E-state index in [1.807, 2.05) is 6.07 Å². The average Bonchev–Trinajstić information content (AvgIpc) is 2.71. The number of halogens is 1. The van der Waals surface area contributed by atoms with E-state index >= 15 is 0 Å². The molecule has 2 heteroatoms. The van der Waals surface area contributed by atoms with Crippen molar-refractivity contribution in [1.29, 1.82) is 0 Å². The lowest BCUT2D eigenvalue weighted by Crippen LogP contribution is -2.30. The molecule has 1 aromatic carbocycles. The molecule has 1 aliphatic carbocycles. The highest BCUT2D eigenvalue weighted by molar-refractivity contribution is 6.30. The highest BCUT2D eigenvalue weighted by Gasteiger charge is 2.23. The summed E-state index contributed by atoms with van der Waals surface area (Å²) in [5, 5.41) is 4.64. The summed E-state index contributed by atoms with van der Waals surface area (Å²) in [4.78, 5) is 0. The van der Waals surface area contributed by atoms with Crippen molar-refractivity contribution in [2.75, 3.05) is 0 Å². The lowest BCUT2D eigenvalue weighted by atomic mass is 9.99. The Kier molecular flexibility index (Phi) is 4.69. The normalized spacial score (nSPS) is 21.7. The molecule has 1 aromatic rings. The summed E-state index contributed by atoms with van der Waals surface area (Å²) in [6, 6.07) is 7.44. The third-order valence-electron chi connectivity index (χ3n) is 4.12. The highest BCUT2D eigenvalue weighted by atomic mass is 35.5. The van der Waals surface area contributed by atoms with Crippen LogP contribution in [0, 0.1) is 5.92 Å². The molecule has 1 N–H and O–H groups in total. The van der Waals surface area contributed by atoms with E-state index in [0.717, 1.165) is 17.4 Å². The number of hydrogen-bond acceptors (Lipinski definition) is 1. The van der Waals surface area contributed by atoms with Gasteiger partial charge in [-0.25, -0.2) is 0 Å². The summed E-state index contributed by atoms with van der Waals surface area (Å²) in [5.74, 6) is 0.804. The van der Waals surface area contributed by atoms with Gasteiger partial charge >= 0.3 is 0 Å². The second kappa shape index (κ2) is 6.08. The van der Waals surface area contributed by atoms with E-state index in [-0.39, 0.29) is 0 Å². The molecule has 0 aromatic heterocycles. The first kappa shape index (κ1) is 13.9. The smallest absolute Gasteiger partial charge is 0.0408 e. The molecule has 0 bridgehead atoms. The van der Waals surface area contributed by atoms with Gasteiger partial charge in [0, 0.05) is 17.1 Å². The Hall–Kier alpha value is -0.530. The maximum absolute atomic E-state index is 6.04.